The fourth-order valence-electron chi connectivity index (χ4n) is 2.90. The van der Waals surface area contributed by atoms with Gasteiger partial charge in [-0.15, -0.1) is 0 Å². The molecule has 0 aliphatic carbocycles. The van der Waals surface area contributed by atoms with E-state index in [2.05, 4.69) is 28.9 Å². The molecule has 20 heavy (non-hydrogen) atoms. The molecule has 0 N–H and O–H groups in total. The van der Waals surface area contributed by atoms with Gasteiger partial charge >= 0.3 is 0 Å². The summed E-state index contributed by atoms with van der Waals surface area (Å²) in [6.45, 7) is 4.43. The van der Waals surface area contributed by atoms with Crippen LogP contribution in [0.2, 0.25) is 0 Å². The van der Waals surface area contributed by atoms with Crippen LogP contribution in [0.15, 0.2) is 24.3 Å². The number of benzene rings is 1. The van der Waals surface area contributed by atoms with Crippen molar-refractivity contribution in [1.29, 1.82) is 0 Å². The summed E-state index contributed by atoms with van der Waals surface area (Å²) in [5.41, 5.74) is 1.03. The van der Waals surface area contributed by atoms with Crippen LogP contribution in [0.5, 0.6) is 0 Å². The highest BCUT2D eigenvalue weighted by molar-refractivity contribution is 5.90. The van der Waals surface area contributed by atoms with Crippen molar-refractivity contribution in [2.45, 2.75) is 19.8 Å². The minimum absolute atomic E-state index is 0.724. The first-order valence-electron chi connectivity index (χ1n) is 7.34. The molecule has 4 heteroatoms. The number of hydrogen-bond acceptors (Lipinski definition) is 4. The largest absolute Gasteiger partial charge is 0.362 e. The smallest absolute Gasteiger partial charge is 0.227 e. The van der Waals surface area contributed by atoms with Crippen molar-refractivity contribution in [1.82, 2.24) is 9.97 Å². The van der Waals surface area contributed by atoms with Gasteiger partial charge in [0.2, 0.25) is 5.95 Å². The SMILES string of the molecule is CC1CCCN(c2nc(N(C)C)c3ccccc3n2)C1. The summed E-state index contributed by atoms with van der Waals surface area (Å²) in [6.07, 6.45) is 2.54. The van der Waals surface area contributed by atoms with Gasteiger partial charge in [0.15, 0.2) is 0 Å². The molecule has 1 saturated heterocycles. The van der Waals surface area contributed by atoms with Crippen LogP contribution in [-0.4, -0.2) is 37.2 Å². The third-order valence-electron chi connectivity index (χ3n) is 3.93. The van der Waals surface area contributed by atoms with Crippen LogP contribution in [0.4, 0.5) is 11.8 Å². The second-order valence-corrected chi connectivity index (χ2v) is 5.95. The van der Waals surface area contributed by atoms with Crippen LogP contribution < -0.4 is 9.80 Å². The average Bonchev–Trinajstić information content (AvgIpc) is 2.46. The van der Waals surface area contributed by atoms with E-state index in [0.717, 1.165) is 41.7 Å². The number of nitrogens with zero attached hydrogens (tertiary/aromatic N) is 4. The maximum absolute atomic E-state index is 4.80. The predicted octanol–water partition coefficient (Wildman–Crippen LogP) is 2.93. The third-order valence-corrected chi connectivity index (χ3v) is 3.93. The molecule has 1 aliphatic heterocycles. The molecule has 106 valence electrons. The zero-order chi connectivity index (χ0) is 14.1. The Morgan fingerprint density at radius 1 is 1.20 bits per heavy atom. The molecule has 0 radical (unpaired) electrons. The molecule has 2 heterocycles. The molecule has 1 aromatic carbocycles. The van der Waals surface area contributed by atoms with Crippen molar-refractivity contribution < 1.29 is 0 Å². The fraction of sp³-hybridized carbons (Fsp3) is 0.500. The zero-order valence-corrected chi connectivity index (χ0v) is 12.5. The van der Waals surface area contributed by atoms with E-state index in [1.54, 1.807) is 0 Å². The number of hydrogen-bond donors (Lipinski definition) is 0. The Morgan fingerprint density at radius 3 is 2.75 bits per heavy atom. The lowest BCUT2D eigenvalue weighted by Crippen LogP contribution is -2.35. The summed E-state index contributed by atoms with van der Waals surface area (Å²) in [5.74, 6) is 2.60. The Labute approximate surface area is 120 Å². The minimum atomic E-state index is 0.724. The summed E-state index contributed by atoms with van der Waals surface area (Å²) < 4.78 is 0. The summed E-state index contributed by atoms with van der Waals surface area (Å²) in [6, 6.07) is 8.24. The van der Waals surface area contributed by atoms with Crippen molar-refractivity contribution >= 4 is 22.7 Å². The van der Waals surface area contributed by atoms with Gasteiger partial charge < -0.3 is 9.80 Å². The second-order valence-electron chi connectivity index (χ2n) is 5.95. The molecule has 1 fully saturated rings. The molecule has 1 aromatic heterocycles. The Morgan fingerprint density at radius 2 is 2.00 bits per heavy atom. The molecule has 0 bridgehead atoms. The van der Waals surface area contributed by atoms with Gasteiger partial charge in [-0.05, 0) is 30.9 Å². The maximum Gasteiger partial charge on any atom is 0.227 e. The van der Waals surface area contributed by atoms with Crippen LogP contribution in [0, 0.1) is 5.92 Å². The summed E-state index contributed by atoms with van der Waals surface area (Å²) in [5, 5.41) is 1.12. The van der Waals surface area contributed by atoms with Crippen molar-refractivity contribution in [3.8, 4) is 0 Å². The molecule has 1 unspecified atom stereocenters. The number of para-hydroxylation sites is 1. The Hall–Kier alpha value is -1.84. The number of fused-ring (bicyclic) bond motifs is 1. The predicted molar refractivity (Wildman–Crippen MR) is 84.5 cm³/mol. The monoisotopic (exact) mass is 270 g/mol. The highest BCUT2D eigenvalue weighted by atomic mass is 15.3. The summed E-state index contributed by atoms with van der Waals surface area (Å²) >= 11 is 0. The van der Waals surface area contributed by atoms with Gasteiger partial charge in [0.1, 0.15) is 5.82 Å². The van der Waals surface area contributed by atoms with E-state index in [9.17, 15) is 0 Å². The number of rotatable bonds is 2. The average molecular weight is 270 g/mol. The first-order valence-corrected chi connectivity index (χ1v) is 7.34. The van der Waals surface area contributed by atoms with Gasteiger partial charge in [-0.3, -0.25) is 0 Å². The Kier molecular flexibility index (Phi) is 3.47. The van der Waals surface area contributed by atoms with E-state index in [1.807, 2.05) is 26.2 Å². The first kappa shape index (κ1) is 13.2. The number of aromatic nitrogens is 2. The lowest BCUT2D eigenvalue weighted by atomic mass is 10.0. The van der Waals surface area contributed by atoms with Crippen LogP contribution in [0.25, 0.3) is 10.9 Å². The van der Waals surface area contributed by atoms with E-state index in [-0.39, 0.29) is 0 Å². The fourth-order valence-corrected chi connectivity index (χ4v) is 2.90. The van der Waals surface area contributed by atoms with Gasteiger partial charge in [0.25, 0.3) is 0 Å². The van der Waals surface area contributed by atoms with Crippen LogP contribution in [-0.2, 0) is 0 Å². The Balaban J connectivity index is 2.07. The molecule has 0 amide bonds. The molecule has 1 aliphatic rings. The lowest BCUT2D eigenvalue weighted by molar-refractivity contribution is 0.442. The molecule has 4 nitrogen and oxygen atoms in total. The normalized spacial score (nSPS) is 19.4. The molecule has 1 atom stereocenters. The first-order chi connectivity index (χ1) is 9.65. The third kappa shape index (κ3) is 2.42. The molecular weight excluding hydrogens is 248 g/mol. The summed E-state index contributed by atoms with van der Waals surface area (Å²) in [4.78, 5) is 14.0. The van der Waals surface area contributed by atoms with Gasteiger partial charge in [0, 0.05) is 32.6 Å². The van der Waals surface area contributed by atoms with E-state index in [4.69, 9.17) is 9.97 Å². The maximum atomic E-state index is 4.80. The Bertz CT molecular complexity index is 608. The lowest BCUT2D eigenvalue weighted by Gasteiger charge is -2.31. The van der Waals surface area contributed by atoms with Crippen LogP contribution in [0.1, 0.15) is 19.8 Å². The molecule has 0 spiro atoms. The quantitative estimate of drug-likeness (QED) is 0.840. The van der Waals surface area contributed by atoms with Crippen molar-refractivity contribution in [2.75, 3.05) is 37.0 Å². The van der Waals surface area contributed by atoms with Gasteiger partial charge in [-0.1, -0.05) is 19.1 Å². The minimum Gasteiger partial charge on any atom is -0.362 e. The highest BCUT2D eigenvalue weighted by Crippen LogP contribution is 2.27. The van der Waals surface area contributed by atoms with Gasteiger partial charge in [-0.25, -0.2) is 4.98 Å². The molecule has 0 saturated carbocycles. The van der Waals surface area contributed by atoms with E-state index in [0.29, 0.717) is 0 Å². The van der Waals surface area contributed by atoms with Crippen molar-refractivity contribution in [3.63, 3.8) is 0 Å². The highest BCUT2D eigenvalue weighted by Gasteiger charge is 2.20. The standard InChI is InChI=1S/C16H22N4/c1-12-7-6-10-20(11-12)16-17-14-9-5-4-8-13(14)15(18-16)19(2)3/h4-5,8-9,12H,6-7,10-11H2,1-3H3. The van der Waals surface area contributed by atoms with Crippen molar-refractivity contribution in [3.05, 3.63) is 24.3 Å². The molecule has 2 aromatic rings. The van der Waals surface area contributed by atoms with Gasteiger partial charge in [0.05, 0.1) is 5.52 Å². The van der Waals surface area contributed by atoms with E-state index in [1.165, 1.54) is 12.8 Å². The number of piperidine rings is 1. The number of anilines is 2. The van der Waals surface area contributed by atoms with E-state index >= 15 is 0 Å². The zero-order valence-electron chi connectivity index (χ0n) is 12.5. The molecule has 3 rings (SSSR count). The van der Waals surface area contributed by atoms with Crippen LogP contribution >= 0.6 is 0 Å². The van der Waals surface area contributed by atoms with E-state index < -0.39 is 0 Å². The van der Waals surface area contributed by atoms with Crippen LogP contribution in [0.3, 0.4) is 0 Å². The summed E-state index contributed by atoms with van der Waals surface area (Å²) in [7, 11) is 4.08. The second kappa shape index (κ2) is 5.27. The molecular formula is C16H22N4. The van der Waals surface area contributed by atoms with Crippen molar-refractivity contribution in [2.24, 2.45) is 5.92 Å². The topological polar surface area (TPSA) is 32.3 Å². The van der Waals surface area contributed by atoms with Gasteiger partial charge in [-0.2, -0.15) is 4.98 Å².